The number of hydrogen-bond donors (Lipinski definition) is 2. The van der Waals surface area contributed by atoms with Gasteiger partial charge >= 0.3 is 5.97 Å². The molecule has 0 aliphatic rings. The van der Waals surface area contributed by atoms with Crippen LogP contribution >= 0.6 is 0 Å². The van der Waals surface area contributed by atoms with Gasteiger partial charge < -0.3 is 19.7 Å². The van der Waals surface area contributed by atoms with Crippen molar-refractivity contribution in [3.63, 3.8) is 0 Å². The van der Waals surface area contributed by atoms with Crippen molar-refractivity contribution in [2.24, 2.45) is 5.92 Å². The van der Waals surface area contributed by atoms with E-state index in [1.807, 2.05) is 49.4 Å². The number of rotatable bonds is 13. The largest absolute Gasteiger partial charge is 0.496 e. The lowest BCUT2D eigenvalue weighted by Crippen LogP contribution is -2.16. The first kappa shape index (κ1) is 26.3. The maximum Gasteiger partial charge on any atom is 0.303 e. The summed E-state index contributed by atoms with van der Waals surface area (Å²) in [6.45, 7) is 1.94. The third-order valence-electron chi connectivity index (χ3n) is 6.59. The van der Waals surface area contributed by atoms with E-state index in [4.69, 9.17) is 14.6 Å². The maximum absolute atomic E-state index is 11.5. The Morgan fingerprint density at radius 1 is 0.857 bits per heavy atom. The summed E-state index contributed by atoms with van der Waals surface area (Å²) in [5, 5.41) is 20.4. The van der Waals surface area contributed by atoms with Gasteiger partial charge in [-0.1, -0.05) is 54.6 Å². The molecule has 3 rings (SSSR count). The van der Waals surface area contributed by atoms with E-state index in [1.165, 1.54) is 5.56 Å². The molecule has 0 saturated heterocycles. The predicted molar refractivity (Wildman–Crippen MR) is 138 cm³/mol. The summed E-state index contributed by atoms with van der Waals surface area (Å²) in [6.07, 6.45) is 3.45. The number of benzene rings is 3. The molecule has 0 aliphatic heterocycles. The third-order valence-corrected chi connectivity index (χ3v) is 6.59. The van der Waals surface area contributed by atoms with Gasteiger partial charge in [0.2, 0.25) is 0 Å². The average molecular weight is 477 g/mol. The van der Waals surface area contributed by atoms with Crippen molar-refractivity contribution < 1.29 is 24.5 Å². The summed E-state index contributed by atoms with van der Waals surface area (Å²) in [6, 6.07) is 22.3. The fourth-order valence-electron chi connectivity index (χ4n) is 4.53. The number of carbonyl (C=O) groups is 1. The molecule has 2 atom stereocenters. The number of methoxy groups -OCH3 is 2. The molecule has 0 unspecified atom stereocenters. The van der Waals surface area contributed by atoms with Crippen molar-refractivity contribution in [1.82, 2.24) is 0 Å². The normalized spacial score (nSPS) is 12.7. The van der Waals surface area contributed by atoms with Crippen LogP contribution in [0.4, 0.5) is 0 Å². The Morgan fingerprint density at radius 2 is 1.43 bits per heavy atom. The number of ether oxygens (including phenoxy) is 2. The lowest BCUT2D eigenvalue weighted by atomic mass is 9.85. The molecule has 0 spiro atoms. The van der Waals surface area contributed by atoms with Gasteiger partial charge in [-0.15, -0.1) is 0 Å². The molecule has 186 valence electrons. The molecule has 5 nitrogen and oxygen atoms in total. The Morgan fingerprint density at radius 3 is 2.00 bits per heavy atom. The number of carboxylic acids is 1. The summed E-state index contributed by atoms with van der Waals surface area (Å²) in [5.41, 5.74) is 5.11. The van der Waals surface area contributed by atoms with Crippen LogP contribution in [0.25, 0.3) is 0 Å². The second-order valence-electron chi connectivity index (χ2n) is 9.05. The molecule has 0 heterocycles. The first-order chi connectivity index (χ1) is 16.9. The zero-order valence-electron chi connectivity index (χ0n) is 20.9. The Hall–Kier alpha value is -3.31. The van der Waals surface area contributed by atoms with Gasteiger partial charge in [0.05, 0.1) is 20.3 Å². The molecule has 2 N–H and O–H groups in total. The van der Waals surface area contributed by atoms with E-state index in [2.05, 4.69) is 24.3 Å². The van der Waals surface area contributed by atoms with Crippen LogP contribution in [0.5, 0.6) is 11.5 Å². The second kappa shape index (κ2) is 13.0. The van der Waals surface area contributed by atoms with Crippen LogP contribution in [0, 0.1) is 12.8 Å². The van der Waals surface area contributed by atoms with Gasteiger partial charge in [-0.25, -0.2) is 0 Å². The predicted octanol–water partition coefficient (Wildman–Crippen LogP) is 5.94. The summed E-state index contributed by atoms with van der Waals surface area (Å²) in [5.74, 6) is 0.605. The highest BCUT2D eigenvalue weighted by Gasteiger charge is 2.24. The third kappa shape index (κ3) is 7.59. The van der Waals surface area contributed by atoms with Crippen molar-refractivity contribution in [2.45, 2.75) is 51.6 Å². The molecular formula is C30H36O5. The highest BCUT2D eigenvalue weighted by Crippen LogP contribution is 2.36. The van der Waals surface area contributed by atoms with Gasteiger partial charge in [0.1, 0.15) is 11.5 Å². The zero-order chi connectivity index (χ0) is 25.2. The van der Waals surface area contributed by atoms with Gasteiger partial charge in [0.15, 0.2) is 0 Å². The molecule has 5 heteroatoms. The first-order valence-corrected chi connectivity index (χ1v) is 12.2. The highest BCUT2D eigenvalue weighted by atomic mass is 16.5. The Kier molecular flexibility index (Phi) is 9.74. The van der Waals surface area contributed by atoms with E-state index in [-0.39, 0.29) is 12.3 Å². The smallest absolute Gasteiger partial charge is 0.303 e. The van der Waals surface area contributed by atoms with Gasteiger partial charge in [0, 0.05) is 12.0 Å². The Bertz CT molecular complexity index is 1050. The van der Waals surface area contributed by atoms with E-state index in [1.54, 1.807) is 14.2 Å². The molecule has 0 bridgehead atoms. The van der Waals surface area contributed by atoms with E-state index < -0.39 is 12.1 Å². The summed E-state index contributed by atoms with van der Waals surface area (Å²) < 4.78 is 11.1. The van der Waals surface area contributed by atoms with Crippen LogP contribution in [0.3, 0.4) is 0 Å². The molecular weight excluding hydrogens is 440 g/mol. The second-order valence-corrected chi connectivity index (χ2v) is 9.05. The first-order valence-electron chi connectivity index (χ1n) is 12.2. The minimum atomic E-state index is -0.792. The van der Waals surface area contributed by atoms with E-state index in [0.717, 1.165) is 41.5 Å². The van der Waals surface area contributed by atoms with Crippen molar-refractivity contribution in [1.29, 1.82) is 0 Å². The Labute approximate surface area is 208 Å². The van der Waals surface area contributed by atoms with Crippen LogP contribution < -0.4 is 9.47 Å². The minimum Gasteiger partial charge on any atom is -0.496 e. The number of aliphatic carboxylic acids is 1. The van der Waals surface area contributed by atoms with Crippen molar-refractivity contribution >= 4 is 5.97 Å². The molecule has 3 aromatic rings. The van der Waals surface area contributed by atoms with E-state index in [9.17, 15) is 9.90 Å². The lowest BCUT2D eigenvalue weighted by molar-refractivity contribution is -0.136. The zero-order valence-corrected chi connectivity index (χ0v) is 20.9. The highest BCUT2D eigenvalue weighted by molar-refractivity contribution is 5.67. The monoisotopic (exact) mass is 476 g/mol. The van der Waals surface area contributed by atoms with Gasteiger partial charge in [-0.2, -0.15) is 0 Å². The number of carboxylic acid groups (broad SMARTS) is 1. The molecule has 0 aromatic heterocycles. The topological polar surface area (TPSA) is 76.0 Å². The fraction of sp³-hybridized carbons (Fsp3) is 0.367. The molecule has 0 saturated carbocycles. The van der Waals surface area contributed by atoms with Gasteiger partial charge in [-0.3, -0.25) is 4.79 Å². The van der Waals surface area contributed by atoms with Crippen molar-refractivity contribution in [3.8, 4) is 11.5 Å². The van der Waals surface area contributed by atoms with Gasteiger partial charge in [0.25, 0.3) is 0 Å². The van der Waals surface area contributed by atoms with Crippen molar-refractivity contribution in [3.05, 3.63) is 94.5 Å². The van der Waals surface area contributed by atoms with Crippen molar-refractivity contribution in [2.75, 3.05) is 14.2 Å². The molecule has 0 fully saturated rings. The molecule has 0 aliphatic carbocycles. The molecule has 0 amide bonds. The SMILES string of the molecule is COc1cc([C@@H](O)[C@@H](CCCc2ccccc2)Cc2ccc(CCC(=O)O)cc2)cc(OC)c1C. The van der Waals surface area contributed by atoms with Crippen LogP contribution in [-0.4, -0.2) is 30.4 Å². The molecule has 35 heavy (non-hydrogen) atoms. The van der Waals surface area contributed by atoms with Crippen LogP contribution in [0.1, 0.15) is 53.2 Å². The van der Waals surface area contributed by atoms with E-state index >= 15 is 0 Å². The van der Waals surface area contributed by atoms with Gasteiger partial charge in [-0.05, 0) is 79.3 Å². The Balaban J connectivity index is 1.79. The summed E-state index contributed by atoms with van der Waals surface area (Å²) in [7, 11) is 3.25. The molecule has 0 radical (unpaired) electrons. The average Bonchev–Trinajstić information content (AvgIpc) is 2.88. The summed E-state index contributed by atoms with van der Waals surface area (Å²) >= 11 is 0. The van der Waals surface area contributed by atoms with E-state index in [0.29, 0.717) is 24.3 Å². The standard InChI is InChI=1S/C30H36O5/c1-21-27(34-2)19-26(20-28(21)35-3)30(33)25(11-7-10-22-8-5-4-6-9-22)18-24-14-12-23(13-15-24)16-17-29(31)32/h4-6,8-9,12-15,19-20,25,30,33H,7,10-11,16-18H2,1-3H3,(H,31,32)/t25-,30-/m0/s1. The number of aliphatic hydroxyl groups is 1. The number of aryl methyl sites for hydroxylation is 2. The molecule has 3 aromatic carbocycles. The lowest BCUT2D eigenvalue weighted by Gasteiger charge is -2.25. The number of hydrogen-bond acceptors (Lipinski definition) is 4. The van der Waals surface area contributed by atoms with Crippen LogP contribution in [0.15, 0.2) is 66.7 Å². The fourth-order valence-corrected chi connectivity index (χ4v) is 4.53. The quantitative estimate of drug-likeness (QED) is 0.319. The minimum absolute atomic E-state index is 0.000648. The summed E-state index contributed by atoms with van der Waals surface area (Å²) in [4.78, 5) is 10.9. The van der Waals surface area contributed by atoms with Crippen LogP contribution in [-0.2, 0) is 24.1 Å². The number of aliphatic hydroxyl groups excluding tert-OH is 1. The van der Waals surface area contributed by atoms with Crippen LogP contribution in [0.2, 0.25) is 0 Å². The maximum atomic E-state index is 11.5.